The summed E-state index contributed by atoms with van der Waals surface area (Å²) < 4.78 is 5.91. The van der Waals surface area contributed by atoms with Gasteiger partial charge >= 0.3 is 0 Å². The van der Waals surface area contributed by atoms with Crippen LogP contribution in [0.5, 0.6) is 11.5 Å². The van der Waals surface area contributed by atoms with E-state index in [1.165, 1.54) is 4.90 Å². The third-order valence-corrected chi connectivity index (χ3v) is 10.9. The predicted molar refractivity (Wildman–Crippen MR) is 216 cm³/mol. The lowest BCUT2D eigenvalue weighted by Crippen LogP contribution is -2.57. The van der Waals surface area contributed by atoms with Gasteiger partial charge in [-0.15, -0.1) is 11.3 Å². The Balaban J connectivity index is 1.00. The molecule has 1 aliphatic heterocycles. The first-order valence-electron chi connectivity index (χ1n) is 18.7. The van der Waals surface area contributed by atoms with Crippen molar-refractivity contribution in [1.29, 1.82) is 0 Å². The third-order valence-electron chi connectivity index (χ3n) is 9.90. The van der Waals surface area contributed by atoms with Crippen LogP contribution < -0.4 is 15.4 Å². The minimum Gasteiger partial charge on any atom is -0.507 e. The normalized spacial score (nSPS) is 16.6. The number of phenols is 1. The molecule has 2 aromatic heterocycles. The van der Waals surface area contributed by atoms with Crippen LogP contribution >= 0.6 is 11.3 Å². The van der Waals surface area contributed by atoms with Gasteiger partial charge in [-0.2, -0.15) is 10.2 Å². The van der Waals surface area contributed by atoms with Gasteiger partial charge in [-0.25, -0.2) is 4.98 Å². The molecule has 12 nitrogen and oxygen atoms in total. The van der Waals surface area contributed by atoms with Crippen LogP contribution in [0, 0.1) is 12.3 Å². The molecule has 4 N–H and O–H groups in total. The number of para-hydroxylation sites is 1. The van der Waals surface area contributed by atoms with Gasteiger partial charge in [0.2, 0.25) is 17.7 Å². The summed E-state index contributed by atoms with van der Waals surface area (Å²) in [6.45, 7) is 9.71. The lowest BCUT2D eigenvalue weighted by Gasteiger charge is -2.35. The number of β-amino-alcohol motifs (C(OH)–C–C–N with tert-alkyl or cyclic N) is 1. The highest BCUT2D eigenvalue weighted by atomic mass is 32.1. The fourth-order valence-corrected chi connectivity index (χ4v) is 7.57. The smallest absolute Gasteiger partial charge is 0.246 e. The van der Waals surface area contributed by atoms with E-state index < -0.39 is 29.5 Å². The Morgan fingerprint density at radius 1 is 0.982 bits per heavy atom. The van der Waals surface area contributed by atoms with Gasteiger partial charge in [0, 0.05) is 30.5 Å². The highest BCUT2D eigenvalue weighted by molar-refractivity contribution is 7.13. The Hall–Kier alpha value is -5.66. The second kappa shape index (κ2) is 17.4. The number of aromatic nitrogens is 3. The average Bonchev–Trinajstić information content (AvgIpc) is 3.80. The number of aromatic hydroxyl groups is 1. The van der Waals surface area contributed by atoms with Gasteiger partial charge in [0.05, 0.1) is 46.7 Å². The SMILES string of the molecule is Cc1ncsc1-c1ccc([C@H](C)NC(=O)[C@@H]2C[C@@H](O)CN2C(=O)C(NC(=O)CCCOc2ccc(-c3cnnc(-c4ccccc4O)c3)cc2)C(C)(C)C)cc1. The Morgan fingerprint density at radius 2 is 1.70 bits per heavy atom. The fourth-order valence-electron chi connectivity index (χ4n) is 6.76. The molecule has 5 aromatic rings. The van der Waals surface area contributed by atoms with Gasteiger partial charge in [0.1, 0.15) is 23.6 Å². The van der Waals surface area contributed by atoms with E-state index in [1.54, 1.807) is 35.7 Å². The third kappa shape index (κ3) is 9.58. The van der Waals surface area contributed by atoms with Crippen LogP contribution in [0.1, 0.15) is 64.3 Å². The van der Waals surface area contributed by atoms with E-state index in [1.807, 2.05) is 101 Å². The number of hydrogen-bond acceptors (Lipinski definition) is 10. The Bertz CT molecular complexity index is 2150. The molecule has 0 saturated carbocycles. The van der Waals surface area contributed by atoms with Crippen molar-refractivity contribution in [3.63, 3.8) is 0 Å². The van der Waals surface area contributed by atoms with Gasteiger partial charge < -0.3 is 30.5 Å². The maximum absolute atomic E-state index is 14.0. The largest absolute Gasteiger partial charge is 0.507 e. The summed E-state index contributed by atoms with van der Waals surface area (Å²) in [5, 5.41) is 35.0. The molecule has 56 heavy (non-hydrogen) atoms. The molecule has 1 aliphatic rings. The number of nitrogens with zero attached hydrogens (tertiary/aromatic N) is 4. The van der Waals surface area contributed by atoms with Gasteiger partial charge in [-0.05, 0) is 72.7 Å². The van der Waals surface area contributed by atoms with Crippen molar-refractivity contribution in [1.82, 2.24) is 30.7 Å². The highest BCUT2D eigenvalue weighted by Gasteiger charge is 2.44. The summed E-state index contributed by atoms with van der Waals surface area (Å²) in [6, 6.07) is 22.1. The molecular formula is C43H48N6O6S. The monoisotopic (exact) mass is 776 g/mol. The zero-order valence-electron chi connectivity index (χ0n) is 32.2. The number of carbonyl (C=O) groups is 3. The average molecular weight is 777 g/mol. The van der Waals surface area contributed by atoms with E-state index in [0.717, 1.165) is 32.8 Å². The van der Waals surface area contributed by atoms with Crippen molar-refractivity contribution in [2.75, 3.05) is 13.2 Å². The lowest BCUT2D eigenvalue weighted by atomic mass is 9.85. The highest BCUT2D eigenvalue weighted by Crippen LogP contribution is 2.32. The number of amides is 3. The van der Waals surface area contributed by atoms with Crippen molar-refractivity contribution < 1.29 is 29.3 Å². The van der Waals surface area contributed by atoms with E-state index in [-0.39, 0.29) is 49.6 Å². The zero-order valence-corrected chi connectivity index (χ0v) is 33.0. The number of aliphatic hydroxyl groups excluding tert-OH is 1. The van der Waals surface area contributed by atoms with E-state index in [4.69, 9.17) is 4.74 Å². The molecule has 13 heteroatoms. The molecule has 0 aliphatic carbocycles. The first kappa shape index (κ1) is 40.0. The first-order chi connectivity index (χ1) is 26.8. The van der Waals surface area contributed by atoms with Crippen molar-refractivity contribution in [2.24, 2.45) is 5.41 Å². The number of thiazole rings is 1. The molecule has 1 fully saturated rings. The molecule has 3 aromatic carbocycles. The van der Waals surface area contributed by atoms with Crippen molar-refractivity contribution in [3.8, 4) is 44.3 Å². The van der Waals surface area contributed by atoms with Crippen molar-refractivity contribution in [3.05, 3.63) is 102 Å². The quantitative estimate of drug-likeness (QED) is 0.0980. The Morgan fingerprint density at radius 3 is 2.38 bits per heavy atom. The summed E-state index contributed by atoms with van der Waals surface area (Å²) in [4.78, 5) is 47.7. The topological polar surface area (TPSA) is 167 Å². The molecule has 4 atom stereocenters. The molecule has 1 unspecified atom stereocenters. The van der Waals surface area contributed by atoms with E-state index in [9.17, 15) is 24.6 Å². The number of aryl methyl sites for hydroxylation is 1. The van der Waals surface area contributed by atoms with Crippen LogP contribution in [-0.2, 0) is 14.4 Å². The molecule has 0 radical (unpaired) electrons. The summed E-state index contributed by atoms with van der Waals surface area (Å²) in [5.74, 6) is -0.316. The molecule has 292 valence electrons. The number of phenolic OH excluding ortho intramolecular Hbond substituents is 1. The number of ether oxygens (including phenoxy) is 1. The van der Waals surface area contributed by atoms with Gasteiger partial charge in [-0.3, -0.25) is 14.4 Å². The number of benzene rings is 3. The molecule has 0 spiro atoms. The number of nitrogens with one attached hydrogen (secondary N) is 2. The van der Waals surface area contributed by atoms with Crippen LogP contribution in [-0.4, -0.2) is 79.4 Å². The van der Waals surface area contributed by atoms with Crippen molar-refractivity contribution in [2.45, 2.75) is 78.1 Å². The summed E-state index contributed by atoms with van der Waals surface area (Å²) in [7, 11) is 0. The molecule has 6 rings (SSSR count). The number of likely N-dealkylation sites (tertiary alicyclic amines) is 1. The minimum absolute atomic E-state index is 0.00126. The van der Waals surface area contributed by atoms with Crippen LogP contribution in [0.4, 0.5) is 0 Å². The number of rotatable bonds is 13. The molecule has 3 heterocycles. The number of hydrogen-bond donors (Lipinski definition) is 4. The standard InChI is InChI=1S/C43H48N6O6S/c1-26(28-12-14-30(15-13-28)39-27(2)44-25-56-39)46-41(53)36-22-32(50)24-49(36)42(54)40(43(3,4)5)47-38(52)11-8-20-55-33-18-16-29(17-19-33)31-21-35(48-45-23-31)34-9-6-7-10-37(34)51/h6-7,9-10,12-19,21,23,25-26,32,36,40,50-51H,8,11,20,22,24H2,1-5H3,(H,46,53)(H,47,52)/t26-,32+,36-,40?/m0/s1. The van der Waals surface area contributed by atoms with Crippen LogP contribution in [0.25, 0.3) is 32.8 Å². The fraction of sp³-hybridized carbons (Fsp3) is 0.349. The van der Waals surface area contributed by atoms with E-state index in [0.29, 0.717) is 23.4 Å². The zero-order chi connectivity index (χ0) is 40.0. The second-order valence-corrected chi connectivity index (χ2v) is 16.1. The summed E-state index contributed by atoms with van der Waals surface area (Å²) in [5.41, 5.74) is 6.96. The van der Waals surface area contributed by atoms with Crippen LogP contribution in [0.3, 0.4) is 0 Å². The maximum Gasteiger partial charge on any atom is 0.246 e. The summed E-state index contributed by atoms with van der Waals surface area (Å²) >= 11 is 1.58. The summed E-state index contributed by atoms with van der Waals surface area (Å²) in [6.07, 6.45) is 1.43. The molecule has 0 bridgehead atoms. The van der Waals surface area contributed by atoms with Crippen molar-refractivity contribution >= 4 is 29.1 Å². The predicted octanol–water partition coefficient (Wildman–Crippen LogP) is 6.48. The Kier molecular flexibility index (Phi) is 12.5. The first-order valence-corrected chi connectivity index (χ1v) is 19.6. The van der Waals surface area contributed by atoms with E-state index in [2.05, 4.69) is 25.8 Å². The van der Waals surface area contributed by atoms with Gasteiger partial charge in [0.25, 0.3) is 0 Å². The number of aliphatic hydroxyl groups is 1. The minimum atomic E-state index is -0.918. The van der Waals surface area contributed by atoms with Crippen LogP contribution in [0.15, 0.2) is 90.6 Å². The van der Waals surface area contributed by atoms with Gasteiger partial charge in [0.15, 0.2) is 0 Å². The Labute approximate surface area is 331 Å². The van der Waals surface area contributed by atoms with E-state index >= 15 is 0 Å². The van der Waals surface area contributed by atoms with Gasteiger partial charge in [-0.1, -0.05) is 69.3 Å². The lowest BCUT2D eigenvalue weighted by molar-refractivity contribution is -0.144. The molecular weight excluding hydrogens is 729 g/mol. The molecule has 1 saturated heterocycles. The number of carbonyl (C=O) groups excluding carboxylic acids is 3. The molecule has 3 amide bonds. The second-order valence-electron chi connectivity index (χ2n) is 15.2. The maximum atomic E-state index is 14.0. The van der Waals surface area contributed by atoms with Crippen LogP contribution in [0.2, 0.25) is 0 Å².